The number of carbonyl (C=O) groups excluding carboxylic acids is 1. The van der Waals surface area contributed by atoms with E-state index in [1.807, 2.05) is 18.2 Å². The molecule has 0 saturated heterocycles. The van der Waals surface area contributed by atoms with Gasteiger partial charge in [0.1, 0.15) is 6.54 Å². The smallest absolute Gasteiger partial charge is 0.267 e. The number of hydrogen-bond donors (Lipinski definition) is 1. The van der Waals surface area contributed by atoms with Gasteiger partial charge in [-0.3, -0.25) is 9.59 Å². The highest BCUT2D eigenvalue weighted by molar-refractivity contribution is 7.15. The molecule has 1 amide bonds. The Morgan fingerprint density at radius 3 is 2.82 bits per heavy atom. The Kier molecular flexibility index (Phi) is 5.54. The minimum Gasteiger partial charge on any atom is -0.300 e. The van der Waals surface area contributed by atoms with Crippen molar-refractivity contribution in [2.24, 2.45) is 0 Å². The zero-order chi connectivity index (χ0) is 19.5. The van der Waals surface area contributed by atoms with Gasteiger partial charge in [0.05, 0.1) is 16.4 Å². The quantitative estimate of drug-likeness (QED) is 0.656. The Hall–Kier alpha value is -2.51. The van der Waals surface area contributed by atoms with Gasteiger partial charge in [-0.1, -0.05) is 36.2 Å². The zero-order valence-electron chi connectivity index (χ0n) is 15.2. The summed E-state index contributed by atoms with van der Waals surface area (Å²) in [6, 6.07) is 10.2. The van der Waals surface area contributed by atoms with Crippen LogP contribution in [0.4, 0.5) is 5.13 Å². The summed E-state index contributed by atoms with van der Waals surface area (Å²) in [5.41, 5.74) is 2.00. The number of nitrogens with zero attached hydrogens (tertiary/aromatic N) is 3. The second-order valence-corrected chi connectivity index (χ2v) is 8.18. The van der Waals surface area contributed by atoms with Crippen LogP contribution in [0.15, 0.2) is 41.2 Å². The highest BCUT2D eigenvalue weighted by atomic mass is 35.5. The summed E-state index contributed by atoms with van der Waals surface area (Å²) in [4.78, 5) is 30.4. The topological polar surface area (TPSA) is 76.9 Å². The van der Waals surface area contributed by atoms with E-state index in [0.717, 1.165) is 36.1 Å². The van der Waals surface area contributed by atoms with Crippen LogP contribution in [0, 0.1) is 0 Å². The first-order valence-corrected chi connectivity index (χ1v) is 10.4. The van der Waals surface area contributed by atoms with Gasteiger partial charge in [-0.15, -0.1) is 11.3 Å². The van der Waals surface area contributed by atoms with Crippen molar-refractivity contribution in [3.05, 3.63) is 62.3 Å². The molecule has 2 aromatic heterocycles. The first-order chi connectivity index (χ1) is 13.6. The molecule has 1 aliphatic carbocycles. The molecule has 2 heterocycles. The zero-order valence-corrected chi connectivity index (χ0v) is 16.7. The average molecular weight is 415 g/mol. The largest absolute Gasteiger partial charge is 0.300 e. The standard InChI is InChI=1S/C20H19ClN4O2S/c21-14-7-5-4-6-13(14)15-10-11-19(27)25(24-15)12-18(26)23-20-22-16-8-2-1-3-9-17(16)28-20/h4-7,10-11H,1-3,8-9,12H2,(H,22,23,26). The van der Waals surface area contributed by atoms with Gasteiger partial charge < -0.3 is 5.32 Å². The minimum absolute atomic E-state index is 0.179. The van der Waals surface area contributed by atoms with Gasteiger partial charge >= 0.3 is 0 Å². The molecule has 4 rings (SSSR count). The molecule has 3 aromatic rings. The van der Waals surface area contributed by atoms with Gasteiger partial charge in [-0.25, -0.2) is 9.67 Å². The fourth-order valence-corrected chi connectivity index (χ4v) is 4.55. The number of fused-ring (bicyclic) bond motifs is 1. The number of hydrogen-bond acceptors (Lipinski definition) is 5. The summed E-state index contributed by atoms with van der Waals surface area (Å²) in [5.74, 6) is -0.324. The maximum atomic E-state index is 12.5. The lowest BCUT2D eigenvalue weighted by atomic mass is 10.1. The fraction of sp³-hybridized carbons (Fsp3) is 0.300. The first-order valence-electron chi connectivity index (χ1n) is 9.21. The van der Waals surface area contributed by atoms with Gasteiger partial charge in [-0.05, 0) is 37.8 Å². The third-order valence-corrected chi connectivity index (χ3v) is 6.05. The van der Waals surface area contributed by atoms with Crippen LogP contribution in [0.1, 0.15) is 29.8 Å². The molecule has 28 heavy (non-hydrogen) atoms. The molecule has 0 radical (unpaired) electrons. The molecule has 0 aliphatic heterocycles. The number of aryl methyl sites for hydroxylation is 2. The third kappa shape index (κ3) is 4.15. The van der Waals surface area contributed by atoms with E-state index < -0.39 is 0 Å². The van der Waals surface area contributed by atoms with Crippen molar-refractivity contribution < 1.29 is 4.79 Å². The average Bonchev–Trinajstić information content (AvgIpc) is 2.92. The Morgan fingerprint density at radius 2 is 1.96 bits per heavy atom. The summed E-state index contributed by atoms with van der Waals surface area (Å²) in [6.07, 6.45) is 5.50. The Bertz CT molecular complexity index is 1050. The highest BCUT2D eigenvalue weighted by Crippen LogP contribution is 2.29. The number of rotatable bonds is 4. The van der Waals surface area contributed by atoms with E-state index in [1.54, 1.807) is 12.1 Å². The summed E-state index contributed by atoms with van der Waals surface area (Å²) in [6.45, 7) is -0.179. The number of anilines is 1. The molecule has 0 saturated carbocycles. The van der Waals surface area contributed by atoms with Crippen LogP contribution in [0.3, 0.4) is 0 Å². The Balaban J connectivity index is 1.51. The number of halogens is 1. The molecule has 144 valence electrons. The normalized spacial score (nSPS) is 13.6. The van der Waals surface area contributed by atoms with Crippen LogP contribution in [-0.4, -0.2) is 20.7 Å². The van der Waals surface area contributed by atoms with Crippen molar-refractivity contribution in [1.82, 2.24) is 14.8 Å². The third-order valence-electron chi connectivity index (χ3n) is 4.65. The van der Waals surface area contributed by atoms with Crippen LogP contribution in [-0.2, 0) is 24.2 Å². The molecular weight excluding hydrogens is 396 g/mol. The molecule has 0 unspecified atom stereocenters. The van der Waals surface area contributed by atoms with Crippen LogP contribution in [0.25, 0.3) is 11.3 Å². The van der Waals surface area contributed by atoms with E-state index >= 15 is 0 Å². The van der Waals surface area contributed by atoms with Crippen molar-refractivity contribution in [2.75, 3.05) is 5.32 Å². The molecule has 0 spiro atoms. The predicted octanol–water partition coefficient (Wildman–Crippen LogP) is 3.93. The van der Waals surface area contributed by atoms with Crippen molar-refractivity contribution in [3.63, 3.8) is 0 Å². The van der Waals surface area contributed by atoms with E-state index in [4.69, 9.17) is 11.6 Å². The number of benzene rings is 1. The molecule has 0 fully saturated rings. The monoisotopic (exact) mass is 414 g/mol. The van der Waals surface area contributed by atoms with Crippen LogP contribution < -0.4 is 10.9 Å². The summed E-state index contributed by atoms with van der Waals surface area (Å²) >= 11 is 7.74. The van der Waals surface area contributed by atoms with Gasteiger partial charge in [0.25, 0.3) is 5.56 Å². The lowest BCUT2D eigenvalue weighted by Crippen LogP contribution is -2.29. The Morgan fingerprint density at radius 1 is 1.14 bits per heavy atom. The molecule has 8 heteroatoms. The van der Waals surface area contributed by atoms with Crippen LogP contribution in [0.2, 0.25) is 5.02 Å². The summed E-state index contributed by atoms with van der Waals surface area (Å²) in [7, 11) is 0. The number of nitrogens with one attached hydrogen (secondary N) is 1. The van der Waals surface area contributed by atoms with E-state index in [-0.39, 0.29) is 18.0 Å². The highest BCUT2D eigenvalue weighted by Gasteiger charge is 2.16. The lowest BCUT2D eigenvalue weighted by molar-refractivity contribution is -0.117. The van der Waals surface area contributed by atoms with Crippen molar-refractivity contribution in [1.29, 1.82) is 0 Å². The van der Waals surface area contributed by atoms with Crippen molar-refractivity contribution in [3.8, 4) is 11.3 Å². The molecule has 1 aromatic carbocycles. The van der Waals surface area contributed by atoms with E-state index in [2.05, 4.69) is 15.4 Å². The SMILES string of the molecule is O=C(Cn1nc(-c2ccccc2Cl)ccc1=O)Nc1nc2c(s1)CCCCC2. The number of amides is 1. The first kappa shape index (κ1) is 18.8. The van der Waals surface area contributed by atoms with Crippen LogP contribution >= 0.6 is 22.9 Å². The lowest BCUT2D eigenvalue weighted by Gasteiger charge is -2.08. The second-order valence-electron chi connectivity index (χ2n) is 6.69. The number of thiazole rings is 1. The maximum Gasteiger partial charge on any atom is 0.267 e. The number of aromatic nitrogens is 3. The summed E-state index contributed by atoms with van der Waals surface area (Å²) < 4.78 is 1.15. The van der Waals surface area contributed by atoms with E-state index in [1.165, 1.54) is 28.7 Å². The van der Waals surface area contributed by atoms with E-state index in [9.17, 15) is 9.59 Å². The minimum atomic E-state index is -0.346. The maximum absolute atomic E-state index is 12.5. The fourth-order valence-electron chi connectivity index (χ4n) is 3.25. The second kappa shape index (κ2) is 8.24. The number of carbonyl (C=O) groups is 1. The van der Waals surface area contributed by atoms with Gasteiger partial charge in [0.2, 0.25) is 5.91 Å². The Labute approximate surface area is 171 Å². The van der Waals surface area contributed by atoms with Gasteiger partial charge in [-0.2, -0.15) is 5.10 Å². The molecule has 1 N–H and O–H groups in total. The molecule has 1 aliphatic rings. The molecule has 0 bridgehead atoms. The van der Waals surface area contributed by atoms with Gasteiger partial charge in [0.15, 0.2) is 5.13 Å². The molecular formula is C20H19ClN4O2S. The summed E-state index contributed by atoms with van der Waals surface area (Å²) in [5, 5.41) is 8.24. The van der Waals surface area contributed by atoms with Crippen molar-refractivity contribution in [2.45, 2.75) is 38.6 Å². The van der Waals surface area contributed by atoms with Crippen LogP contribution in [0.5, 0.6) is 0 Å². The van der Waals surface area contributed by atoms with Gasteiger partial charge in [0, 0.05) is 16.5 Å². The predicted molar refractivity (Wildman–Crippen MR) is 111 cm³/mol. The molecule has 6 nitrogen and oxygen atoms in total. The van der Waals surface area contributed by atoms with E-state index in [0.29, 0.717) is 21.4 Å². The van der Waals surface area contributed by atoms with Crippen molar-refractivity contribution >= 4 is 34.0 Å². The molecule has 0 atom stereocenters.